The van der Waals surface area contributed by atoms with Crippen LogP contribution in [0.25, 0.3) is 0 Å². The molecule has 0 atom stereocenters. The molecule has 0 fully saturated rings. The summed E-state index contributed by atoms with van der Waals surface area (Å²) in [5.41, 5.74) is 3.46. The Labute approximate surface area is 114 Å². The van der Waals surface area contributed by atoms with Crippen LogP contribution < -0.4 is 4.74 Å². The number of hydrogen-bond donors (Lipinski definition) is 0. The average Bonchev–Trinajstić information content (AvgIpc) is 2.37. The second-order valence-electron chi connectivity index (χ2n) is 5.72. The zero-order chi connectivity index (χ0) is 13.9. The molecule has 0 aliphatic rings. The molecule has 2 rings (SSSR count). The van der Waals surface area contributed by atoms with Gasteiger partial charge in [-0.25, -0.2) is 0 Å². The summed E-state index contributed by atoms with van der Waals surface area (Å²) in [6.07, 6.45) is 5.06. The molecule has 3 heteroatoms. The molecule has 0 amide bonds. The highest BCUT2D eigenvalue weighted by molar-refractivity contribution is 5.38. The van der Waals surface area contributed by atoms with Crippen molar-refractivity contribution in [3.63, 3.8) is 0 Å². The first-order chi connectivity index (χ1) is 8.97. The first kappa shape index (κ1) is 13.5. The Hall–Kier alpha value is -1.90. The van der Waals surface area contributed by atoms with Crippen molar-refractivity contribution in [2.24, 2.45) is 0 Å². The number of aromatic nitrogens is 2. The molecule has 19 heavy (non-hydrogen) atoms. The van der Waals surface area contributed by atoms with Crippen LogP contribution in [0.3, 0.4) is 0 Å². The van der Waals surface area contributed by atoms with Crippen molar-refractivity contribution in [1.29, 1.82) is 0 Å². The monoisotopic (exact) mass is 256 g/mol. The predicted molar refractivity (Wildman–Crippen MR) is 76.2 cm³/mol. The zero-order valence-corrected chi connectivity index (χ0v) is 12.0. The summed E-state index contributed by atoms with van der Waals surface area (Å²) in [4.78, 5) is 8.22. The highest BCUT2D eigenvalue weighted by Gasteiger charge is 2.14. The van der Waals surface area contributed by atoms with Crippen LogP contribution >= 0.6 is 0 Å². The topological polar surface area (TPSA) is 35.0 Å². The minimum absolute atomic E-state index is 0.161. The zero-order valence-electron chi connectivity index (χ0n) is 12.0. The van der Waals surface area contributed by atoms with E-state index in [1.54, 1.807) is 18.6 Å². The number of nitrogens with zero attached hydrogens (tertiary/aromatic N) is 2. The minimum Gasteiger partial charge on any atom is -0.487 e. The standard InChI is InChI=1S/C16H20N2O/c1-12-9-13(16(2,3)4)5-6-15(12)19-11-14-10-17-7-8-18-14/h5-10H,11H2,1-4H3. The fourth-order valence-corrected chi connectivity index (χ4v) is 1.83. The lowest BCUT2D eigenvalue weighted by atomic mass is 9.86. The van der Waals surface area contributed by atoms with E-state index >= 15 is 0 Å². The molecule has 0 radical (unpaired) electrons. The molecule has 1 aromatic heterocycles. The third-order valence-electron chi connectivity index (χ3n) is 3.03. The third-order valence-corrected chi connectivity index (χ3v) is 3.03. The number of ether oxygens (including phenoxy) is 1. The van der Waals surface area contributed by atoms with Crippen LogP contribution in [0.4, 0.5) is 0 Å². The van der Waals surface area contributed by atoms with Gasteiger partial charge in [0.2, 0.25) is 0 Å². The maximum atomic E-state index is 5.79. The molecule has 1 aromatic carbocycles. The van der Waals surface area contributed by atoms with Crippen LogP contribution in [0.1, 0.15) is 37.6 Å². The summed E-state index contributed by atoms with van der Waals surface area (Å²) in [7, 11) is 0. The molecule has 0 spiro atoms. The third kappa shape index (κ3) is 3.53. The summed E-state index contributed by atoms with van der Waals surface area (Å²) in [6.45, 7) is 9.15. The van der Waals surface area contributed by atoms with Crippen LogP contribution in [0.2, 0.25) is 0 Å². The van der Waals surface area contributed by atoms with Gasteiger partial charge in [0.05, 0.1) is 11.9 Å². The number of benzene rings is 1. The van der Waals surface area contributed by atoms with E-state index in [2.05, 4.69) is 49.8 Å². The van der Waals surface area contributed by atoms with Gasteiger partial charge < -0.3 is 4.74 Å². The second kappa shape index (κ2) is 5.39. The van der Waals surface area contributed by atoms with Gasteiger partial charge in [-0.3, -0.25) is 9.97 Å². The highest BCUT2D eigenvalue weighted by Crippen LogP contribution is 2.27. The van der Waals surface area contributed by atoms with Gasteiger partial charge in [-0.05, 0) is 29.5 Å². The average molecular weight is 256 g/mol. The van der Waals surface area contributed by atoms with E-state index in [-0.39, 0.29) is 5.41 Å². The molecule has 0 aliphatic heterocycles. The van der Waals surface area contributed by atoms with Crippen LogP contribution in [0, 0.1) is 6.92 Å². The number of hydrogen-bond acceptors (Lipinski definition) is 3. The first-order valence-electron chi connectivity index (χ1n) is 6.45. The SMILES string of the molecule is Cc1cc(C(C)(C)C)ccc1OCc1cnccn1. The Balaban J connectivity index is 2.10. The molecule has 0 aliphatic carbocycles. The lowest BCUT2D eigenvalue weighted by Gasteiger charge is -2.20. The molecule has 0 N–H and O–H groups in total. The van der Waals surface area contributed by atoms with E-state index in [0.717, 1.165) is 17.0 Å². The maximum absolute atomic E-state index is 5.79. The van der Waals surface area contributed by atoms with Gasteiger partial charge in [0.25, 0.3) is 0 Å². The maximum Gasteiger partial charge on any atom is 0.132 e. The fraction of sp³-hybridized carbons (Fsp3) is 0.375. The summed E-state index contributed by atoms with van der Waals surface area (Å²) < 4.78 is 5.79. The van der Waals surface area contributed by atoms with Gasteiger partial charge in [-0.1, -0.05) is 32.9 Å². The molecular formula is C16H20N2O. The van der Waals surface area contributed by atoms with E-state index in [1.165, 1.54) is 5.56 Å². The van der Waals surface area contributed by atoms with Crippen LogP contribution in [0.5, 0.6) is 5.75 Å². The van der Waals surface area contributed by atoms with Crippen molar-refractivity contribution in [1.82, 2.24) is 9.97 Å². The Morgan fingerprint density at radius 3 is 2.53 bits per heavy atom. The van der Waals surface area contributed by atoms with Crippen LogP contribution in [0.15, 0.2) is 36.8 Å². The van der Waals surface area contributed by atoms with E-state index in [1.807, 2.05) is 6.07 Å². The predicted octanol–water partition coefficient (Wildman–Crippen LogP) is 3.66. The van der Waals surface area contributed by atoms with Gasteiger partial charge in [0.1, 0.15) is 12.4 Å². The molecule has 0 saturated heterocycles. The minimum atomic E-state index is 0.161. The molecule has 1 heterocycles. The van der Waals surface area contributed by atoms with Crippen LogP contribution in [-0.2, 0) is 12.0 Å². The van der Waals surface area contributed by atoms with E-state index in [9.17, 15) is 0 Å². The Bertz CT molecular complexity index is 544. The van der Waals surface area contributed by atoms with E-state index in [4.69, 9.17) is 4.74 Å². The number of rotatable bonds is 3. The molecule has 0 saturated carbocycles. The smallest absolute Gasteiger partial charge is 0.132 e. The van der Waals surface area contributed by atoms with E-state index < -0.39 is 0 Å². The van der Waals surface area contributed by atoms with Crippen LogP contribution in [-0.4, -0.2) is 9.97 Å². The molecule has 100 valence electrons. The Morgan fingerprint density at radius 2 is 1.95 bits per heavy atom. The molecule has 3 nitrogen and oxygen atoms in total. The van der Waals surface area contributed by atoms with Crippen molar-refractivity contribution in [3.05, 3.63) is 53.6 Å². The quantitative estimate of drug-likeness (QED) is 0.840. The summed E-state index contributed by atoms with van der Waals surface area (Å²) in [5, 5.41) is 0. The second-order valence-corrected chi connectivity index (χ2v) is 5.72. The summed E-state index contributed by atoms with van der Waals surface area (Å²) >= 11 is 0. The van der Waals surface area contributed by atoms with E-state index in [0.29, 0.717) is 6.61 Å². The number of aryl methyl sites for hydroxylation is 1. The molecular weight excluding hydrogens is 236 g/mol. The van der Waals surface area contributed by atoms with Crippen molar-refractivity contribution < 1.29 is 4.74 Å². The van der Waals surface area contributed by atoms with Gasteiger partial charge in [-0.15, -0.1) is 0 Å². The molecule has 2 aromatic rings. The molecule has 0 unspecified atom stereocenters. The lowest BCUT2D eigenvalue weighted by molar-refractivity contribution is 0.298. The largest absolute Gasteiger partial charge is 0.487 e. The molecule has 0 bridgehead atoms. The van der Waals surface area contributed by atoms with Crippen molar-refractivity contribution in [2.45, 2.75) is 39.7 Å². The normalized spacial score (nSPS) is 11.4. The Kier molecular flexibility index (Phi) is 3.84. The van der Waals surface area contributed by atoms with Gasteiger partial charge >= 0.3 is 0 Å². The van der Waals surface area contributed by atoms with Gasteiger partial charge in [0.15, 0.2) is 0 Å². The fourth-order valence-electron chi connectivity index (χ4n) is 1.83. The van der Waals surface area contributed by atoms with Crippen molar-refractivity contribution in [3.8, 4) is 5.75 Å². The highest BCUT2D eigenvalue weighted by atomic mass is 16.5. The summed E-state index contributed by atoms with van der Waals surface area (Å²) in [6, 6.07) is 6.34. The van der Waals surface area contributed by atoms with Crippen molar-refractivity contribution >= 4 is 0 Å². The van der Waals surface area contributed by atoms with Crippen molar-refractivity contribution in [2.75, 3.05) is 0 Å². The first-order valence-corrected chi connectivity index (χ1v) is 6.45. The summed E-state index contributed by atoms with van der Waals surface area (Å²) in [5.74, 6) is 0.902. The van der Waals surface area contributed by atoms with Gasteiger partial charge in [-0.2, -0.15) is 0 Å². The lowest BCUT2D eigenvalue weighted by Crippen LogP contribution is -2.11. The van der Waals surface area contributed by atoms with Gasteiger partial charge in [0, 0.05) is 12.4 Å². The Morgan fingerprint density at radius 1 is 1.16 bits per heavy atom.